The molecule has 7 heteroatoms. The van der Waals surface area contributed by atoms with Crippen molar-refractivity contribution in [3.05, 3.63) is 53.6 Å². The van der Waals surface area contributed by atoms with Gasteiger partial charge in [0.25, 0.3) is 0 Å². The maximum atomic E-state index is 14.0. The maximum Gasteiger partial charge on any atom is 0.433 e. The third-order valence-electron chi connectivity index (χ3n) is 3.03. The summed E-state index contributed by atoms with van der Waals surface area (Å²) in [7, 11) is 0. The van der Waals surface area contributed by atoms with Gasteiger partial charge < -0.3 is 4.55 Å². The number of halogens is 5. The van der Waals surface area contributed by atoms with Crippen LogP contribution >= 0.6 is 0 Å². The van der Waals surface area contributed by atoms with Gasteiger partial charge in [-0.2, -0.15) is 13.2 Å². The molecule has 0 spiro atoms. The first-order chi connectivity index (χ1) is 10.2. The van der Waals surface area contributed by atoms with Gasteiger partial charge in [0.2, 0.25) is 5.75 Å². The van der Waals surface area contributed by atoms with Gasteiger partial charge in [0.05, 0.1) is 0 Å². The Kier molecular flexibility index (Phi) is 4.77. The predicted octanol–water partition coefficient (Wildman–Crippen LogP) is 4.61. The molecule has 118 valence electrons. The first-order valence-electron chi connectivity index (χ1n) is 6.20. The lowest BCUT2D eigenvalue weighted by Gasteiger charge is -2.16. The number of rotatable bonds is 3. The lowest BCUT2D eigenvalue weighted by molar-refractivity contribution is -0.106. The molecule has 2 rings (SSSR count). The predicted molar refractivity (Wildman–Crippen MR) is 73.9 cm³/mol. The zero-order valence-electron chi connectivity index (χ0n) is 11.4. The quantitative estimate of drug-likeness (QED) is 0.594. The maximum absolute atomic E-state index is 14.0. The van der Waals surface area contributed by atoms with E-state index in [9.17, 15) is 26.5 Å². The molecule has 1 nitrogen and oxygen atoms in total. The molecule has 0 aliphatic carbocycles. The highest BCUT2D eigenvalue weighted by atomic mass is 32.2. The summed E-state index contributed by atoms with van der Waals surface area (Å²) >= 11 is -2.50. The smallest absolute Gasteiger partial charge is 0.433 e. The van der Waals surface area contributed by atoms with Crippen molar-refractivity contribution in [2.75, 3.05) is 5.75 Å². The first kappa shape index (κ1) is 16.8. The van der Waals surface area contributed by atoms with E-state index in [-0.39, 0.29) is 16.0 Å². The second-order valence-corrected chi connectivity index (χ2v) is 6.07. The van der Waals surface area contributed by atoms with Gasteiger partial charge in [-0.3, -0.25) is 0 Å². The zero-order chi connectivity index (χ0) is 16.5. The van der Waals surface area contributed by atoms with Crippen LogP contribution in [-0.2, 0) is 11.2 Å². The van der Waals surface area contributed by atoms with Gasteiger partial charge in [-0.1, -0.05) is 30.3 Å². The standard InChI is InChI=1S/C15H11F5OS/c1-9-12(22(21)8-15(18,19)20)7-11(14(17)13(9)16)10-5-3-2-4-6-10/h2-7H,8H2,1H3. The molecule has 0 amide bonds. The van der Waals surface area contributed by atoms with Gasteiger partial charge in [-0.15, -0.1) is 0 Å². The van der Waals surface area contributed by atoms with E-state index in [1.54, 1.807) is 18.2 Å². The third kappa shape index (κ3) is 3.59. The molecule has 0 heterocycles. The van der Waals surface area contributed by atoms with Gasteiger partial charge >= 0.3 is 6.18 Å². The fourth-order valence-electron chi connectivity index (χ4n) is 1.98. The SMILES string of the molecule is Cc1c([S+]([O-])CC(F)(F)F)cc(-c2ccccc2)c(F)c1F. The molecule has 2 aromatic rings. The van der Waals surface area contributed by atoms with Crippen molar-refractivity contribution >= 4 is 11.2 Å². The molecule has 0 saturated carbocycles. The van der Waals surface area contributed by atoms with Crippen LogP contribution in [0.25, 0.3) is 11.1 Å². The second kappa shape index (κ2) is 6.26. The molecule has 22 heavy (non-hydrogen) atoms. The zero-order valence-corrected chi connectivity index (χ0v) is 12.2. The fraction of sp³-hybridized carbons (Fsp3) is 0.200. The minimum Gasteiger partial charge on any atom is -0.611 e. The highest BCUT2D eigenvalue weighted by molar-refractivity contribution is 7.91. The Morgan fingerprint density at radius 1 is 1.05 bits per heavy atom. The number of benzene rings is 2. The van der Waals surface area contributed by atoms with Gasteiger partial charge in [0.15, 0.2) is 16.5 Å². The van der Waals surface area contributed by atoms with E-state index in [1.165, 1.54) is 12.1 Å². The summed E-state index contributed by atoms with van der Waals surface area (Å²) < 4.78 is 76.9. The summed E-state index contributed by atoms with van der Waals surface area (Å²) in [5.74, 6) is -4.06. The molecular weight excluding hydrogens is 323 g/mol. The third-order valence-corrected chi connectivity index (χ3v) is 4.53. The summed E-state index contributed by atoms with van der Waals surface area (Å²) in [6, 6.07) is 8.82. The molecule has 1 unspecified atom stereocenters. The van der Waals surface area contributed by atoms with Crippen LogP contribution in [0.1, 0.15) is 5.56 Å². The Morgan fingerprint density at radius 2 is 1.64 bits per heavy atom. The van der Waals surface area contributed by atoms with Gasteiger partial charge in [0, 0.05) is 17.2 Å². The normalized spacial score (nSPS) is 13.2. The molecular formula is C15H11F5OS. The van der Waals surface area contributed by atoms with E-state index in [2.05, 4.69) is 0 Å². The van der Waals surface area contributed by atoms with Crippen LogP contribution in [0.15, 0.2) is 41.3 Å². The second-order valence-electron chi connectivity index (χ2n) is 4.65. The lowest BCUT2D eigenvalue weighted by atomic mass is 10.0. The van der Waals surface area contributed by atoms with Crippen molar-refractivity contribution in [3.8, 4) is 11.1 Å². The van der Waals surface area contributed by atoms with Crippen molar-refractivity contribution in [1.29, 1.82) is 0 Å². The van der Waals surface area contributed by atoms with E-state index in [4.69, 9.17) is 0 Å². The molecule has 2 aromatic carbocycles. The largest absolute Gasteiger partial charge is 0.611 e. The van der Waals surface area contributed by atoms with Crippen LogP contribution < -0.4 is 0 Å². The van der Waals surface area contributed by atoms with E-state index >= 15 is 0 Å². The minimum atomic E-state index is -4.66. The van der Waals surface area contributed by atoms with Crippen molar-refractivity contribution in [2.24, 2.45) is 0 Å². The van der Waals surface area contributed by atoms with Crippen molar-refractivity contribution in [2.45, 2.75) is 18.0 Å². The molecule has 0 radical (unpaired) electrons. The Morgan fingerprint density at radius 3 is 2.18 bits per heavy atom. The molecule has 0 bridgehead atoms. The van der Waals surface area contributed by atoms with E-state index in [1.807, 2.05) is 0 Å². The molecule has 1 atom stereocenters. The van der Waals surface area contributed by atoms with Crippen molar-refractivity contribution in [1.82, 2.24) is 0 Å². The highest BCUT2D eigenvalue weighted by Gasteiger charge is 2.37. The van der Waals surface area contributed by atoms with E-state index < -0.39 is 34.7 Å². The topological polar surface area (TPSA) is 23.1 Å². The van der Waals surface area contributed by atoms with Gasteiger partial charge in [0.1, 0.15) is 0 Å². The summed E-state index contributed by atoms with van der Waals surface area (Å²) in [4.78, 5) is -0.352. The number of hydrogen-bond donors (Lipinski definition) is 0. The summed E-state index contributed by atoms with van der Waals surface area (Å²) in [6.07, 6.45) is -4.66. The number of hydrogen-bond acceptors (Lipinski definition) is 1. The Labute approximate surface area is 127 Å². The Balaban J connectivity index is 2.54. The first-order valence-corrected chi connectivity index (χ1v) is 7.51. The molecule has 0 fully saturated rings. The molecule has 0 aliphatic rings. The minimum absolute atomic E-state index is 0.214. The summed E-state index contributed by atoms with van der Waals surface area (Å²) in [5.41, 5.74) is -0.293. The van der Waals surface area contributed by atoms with E-state index in [0.29, 0.717) is 5.56 Å². The van der Waals surface area contributed by atoms with Crippen molar-refractivity contribution < 1.29 is 26.5 Å². The average molecular weight is 334 g/mol. The molecule has 0 aliphatic heterocycles. The molecule has 0 saturated heterocycles. The lowest BCUT2D eigenvalue weighted by Crippen LogP contribution is -2.24. The summed E-state index contributed by atoms with van der Waals surface area (Å²) in [5, 5.41) is 0. The monoisotopic (exact) mass is 334 g/mol. The molecule has 0 aromatic heterocycles. The van der Waals surface area contributed by atoms with Gasteiger partial charge in [-0.05, 0) is 23.7 Å². The highest BCUT2D eigenvalue weighted by Crippen LogP contribution is 2.33. The molecule has 0 N–H and O–H groups in total. The van der Waals surface area contributed by atoms with Crippen LogP contribution in [-0.4, -0.2) is 16.5 Å². The van der Waals surface area contributed by atoms with Crippen LogP contribution in [0, 0.1) is 18.6 Å². The van der Waals surface area contributed by atoms with E-state index in [0.717, 1.165) is 13.0 Å². The van der Waals surface area contributed by atoms with Crippen LogP contribution in [0.5, 0.6) is 0 Å². The fourth-order valence-corrected chi connectivity index (χ4v) is 3.12. The summed E-state index contributed by atoms with van der Waals surface area (Å²) in [6.45, 7) is 1.11. The Hall–Kier alpha value is -1.60. The van der Waals surface area contributed by atoms with Crippen LogP contribution in [0.2, 0.25) is 0 Å². The van der Waals surface area contributed by atoms with Crippen LogP contribution in [0.3, 0.4) is 0 Å². The average Bonchev–Trinajstić information content (AvgIpc) is 2.44. The van der Waals surface area contributed by atoms with Crippen molar-refractivity contribution in [3.63, 3.8) is 0 Å². The van der Waals surface area contributed by atoms with Crippen LogP contribution in [0.4, 0.5) is 22.0 Å². The van der Waals surface area contributed by atoms with Gasteiger partial charge in [-0.25, -0.2) is 8.78 Å². The number of alkyl halides is 3. The Bertz CT molecular complexity index is 670.